The van der Waals surface area contributed by atoms with Crippen LogP contribution in [0, 0.1) is 0 Å². The molecule has 0 spiro atoms. The fourth-order valence-corrected chi connectivity index (χ4v) is 4.05. The number of allylic oxidation sites excluding steroid dienone is 2. The SMILES string of the molecule is CCCCCCC/C=C\CCCCCCCC(=O)OCC(O)COP(=O)(O)OCC(NC(C)=O)C(=O)O. The summed E-state index contributed by atoms with van der Waals surface area (Å²) in [5.41, 5.74) is 0. The fourth-order valence-electron chi connectivity index (χ4n) is 3.28. The number of phosphoric ester groups is 1. The molecule has 3 atom stereocenters. The maximum Gasteiger partial charge on any atom is 0.472 e. The number of carbonyl (C=O) groups excluding carboxylic acids is 2. The molecule has 4 N–H and O–H groups in total. The summed E-state index contributed by atoms with van der Waals surface area (Å²) < 4.78 is 25.9. The molecule has 1 amide bonds. The number of carboxylic acid groups (broad SMARTS) is 1. The van der Waals surface area contributed by atoms with E-state index in [-0.39, 0.29) is 6.42 Å². The normalized spacial score (nSPS) is 14.7. The first kappa shape index (κ1) is 35.2. The monoisotopic (exact) mass is 551 g/mol. The van der Waals surface area contributed by atoms with Gasteiger partial charge >= 0.3 is 19.8 Å². The number of aliphatic carboxylic acids is 1. The van der Waals surface area contributed by atoms with Crippen molar-refractivity contribution in [3.8, 4) is 0 Å². The number of carboxylic acids is 1. The van der Waals surface area contributed by atoms with Gasteiger partial charge in [-0.2, -0.15) is 0 Å². The van der Waals surface area contributed by atoms with Gasteiger partial charge in [-0.05, 0) is 32.1 Å². The first-order valence-electron chi connectivity index (χ1n) is 13.2. The van der Waals surface area contributed by atoms with Crippen molar-refractivity contribution in [3.63, 3.8) is 0 Å². The number of esters is 1. The van der Waals surface area contributed by atoms with Gasteiger partial charge < -0.3 is 25.2 Å². The Balaban J connectivity index is 3.80. The van der Waals surface area contributed by atoms with Crippen LogP contribution in [-0.2, 0) is 32.7 Å². The number of unbranched alkanes of at least 4 members (excludes halogenated alkanes) is 10. The smallest absolute Gasteiger partial charge is 0.472 e. The average molecular weight is 552 g/mol. The van der Waals surface area contributed by atoms with Crippen LogP contribution in [0.25, 0.3) is 0 Å². The molecule has 3 unspecified atom stereocenters. The van der Waals surface area contributed by atoms with E-state index in [0.29, 0.717) is 6.42 Å². The number of hydrogen-bond donors (Lipinski definition) is 4. The second kappa shape index (κ2) is 22.2. The van der Waals surface area contributed by atoms with Gasteiger partial charge in [0.2, 0.25) is 5.91 Å². The van der Waals surface area contributed by atoms with Crippen molar-refractivity contribution in [2.75, 3.05) is 19.8 Å². The minimum absolute atomic E-state index is 0.215. The molecule has 0 rings (SSSR count). The summed E-state index contributed by atoms with van der Waals surface area (Å²) in [6.45, 7) is 1.39. The summed E-state index contributed by atoms with van der Waals surface area (Å²) in [4.78, 5) is 43.3. The van der Waals surface area contributed by atoms with Crippen molar-refractivity contribution in [2.45, 2.75) is 109 Å². The number of carbonyl (C=O) groups is 3. The van der Waals surface area contributed by atoms with E-state index in [1.165, 1.54) is 32.1 Å². The van der Waals surface area contributed by atoms with Crippen molar-refractivity contribution < 1.29 is 47.8 Å². The van der Waals surface area contributed by atoms with Gasteiger partial charge in [0.1, 0.15) is 12.7 Å². The van der Waals surface area contributed by atoms with Gasteiger partial charge in [-0.25, -0.2) is 9.36 Å². The number of hydrogen-bond acceptors (Lipinski definition) is 8. The van der Waals surface area contributed by atoms with Crippen LogP contribution >= 0.6 is 7.82 Å². The molecule has 0 aliphatic rings. The zero-order chi connectivity index (χ0) is 27.9. The highest BCUT2D eigenvalue weighted by atomic mass is 31.2. The summed E-state index contributed by atoms with van der Waals surface area (Å²) in [6.07, 6.45) is 17.0. The first-order valence-corrected chi connectivity index (χ1v) is 14.7. The third-order valence-electron chi connectivity index (χ3n) is 5.34. The Morgan fingerprint density at radius 1 is 0.865 bits per heavy atom. The molecule has 0 aromatic rings. The maximum absolute atomic E-state index is 11.8. The van der Waals surface area contributed by atoms with Gasteiger partial charge in [0.25, 0.3) is 0 Å². The number of aliphatic hydroxyl groups is 1. The van der Waals surface area contributed by atoms with E-state index in [2.05, 4.69) is 28.1 Å². The molecule has 0 saturated heterocycles. The quantitative estimate of drug-likeness (QED) is 0.0588. The van der Waals surface area contributed by atoms with Crippen LogP contribution in [0.5, 0.6) is 0 Å². The zero-order valence-corrected chi connectivity index (χ0v) is 23.2. The highest BCUT2D eigenvalue weighted by molar-refractivity contribution is 7.47. The van der Waals surface area contributed by atoms with E-state index >= 15 is 0 Å². The van der Waals surface area contributed by atoms with Gasteiger partial charge in [-0.15, -0.1) is 0 Å². The number of nitrogens with one attached hydrogen (secondary N) is 1. The standard InChI is InChI=1S/C25H46NO10P/c1-3-4-5-6-7-8-9-10-11-12-13-14-15-16-17-24(29)34-18-22(28)19-35-37(32,33)36-20-23(25(30)31)26-21(2)27/h9-10,22-23,28H,3-8,11-20H2,1-2H3,(H,26,27)(H,30,31)(H,32,33)/b10-9-. The summed E-state index contributed by atoms with van der Waals surface area (Å²) in [5.74, 6) is -2.60. The minimum atomic E-state index is -4.70. The Labute approximate surface area is 220 Å². The summed E-state index contributed by atoms with van der Waals surface area (Å²) in [7, 11) is -4.70. The lowest BCUT2D eigenvalue weighted by atomic mass is 10.1. The summed E-state index contributed by atoms with van der Waals surface area (Å²) >= 11 is 0. The Hall–Kier alpha value is -1.78. The summed E-state index contributed by atoms with van der Waals surface area (Å²) in [5, 5.41) is 20.8. The highest BCUT2D eigenvalue weighted by Gasteiger charge is 2.28. The minimum Gasteiger partial charge on any atom is -0.480 e. The maximum atomic E-state index is 11.8. The highest BCUT2D eigenvalue weighted by Crippen LogP contribution is 2.43. The average Bonchev–Trinajstić information content (AvgIpc) is 2.84. The number of aliphatic hydroxyl groups excluding tert-OH is 1. The third-order valence-corrected chi connectivity index (χ3v) is 6.29. The number of amides is 1. The van der Waals surface area contributed by atoms with Crippen LogP contribution in [-0.4, -0.2) is 64.9 Å². The molecule has 0 aromatic heterocycles. The van der Waals surface area contributed by atoms with Gasteiger partial charge in [0.15, 0.2) is 6.04 Å². The molecular formula is C25H46NO10P. The van der Waals surface area contributed by atoms with Crippen LogP contribution in [0.3, 0.4) is 0 Å². The van der Waals surface area contributed by atoms with E-state index in [9.17, 15) is 28.9 Å². The largest absolute Gasteiger partial charge is 0.480 e. The van der Waals surface area contributed by atoms with Gasteiger partial charge in [0.05, 0.1) is 13.2 Å². The van der Waals surface area contributed by atoms with Crippen LogP contribution < -0.4 is 5.32 Å². The number of ether oxygens (including phenoxy) is 1. The molecule has 0 saturated carbocycles. The Morgan fingerprint density at radius 2 is 1.41 bits per heavy atom. The van der Waals surface area contributed by atoms with Gasteiger partial charge in [-0.1, -0.05) is 64.0 Å². The molecule has 0 aliphatic carbocycles. The molecule has 37 heavy (non-hydrogen) atoms. The van der Waals surface area contributed by atoms with E-state index in [1.807, 2.05) is 5.32 Å². The molecular weight excluding hydrogens is 505 g/mol. The summed E-state index contributed by atoms with van der Waals surface area (Å²) in [6, 6.07) is -1.54. The lowest BCUT2D eigenvalue weighted by Crippen LogP contribution is -2.42. The molecule has 216 valence electrons. The second-order valence-electron chi connectivity index (χ2n) is 8.97. The van der Waals surface area contributed by atoms with Crippen molar-refractivity contribution in [2.24, 2.45) is 0 Å². The fraction of sp³-hybridized carbons (Fsp3) is 0.800. The Morgan fingerprint density at radius 3 is 1.97 bits per heavy atom. The van der Waals surface area contributed by atoms with Crippen LogP contribution in [0.1, 0.15) is 97.3 Å². The third kappa shape index (κ3) is 23.1. The molecule has 0 fully saturated rings. The van der Waals surface area contributed by atoms with Crippen LogP contribution in [0.4, 0.5) is 0 Å². The number of phosphoric acid groups is 1. The Bertz CT molecular complexity index is 716. The predicted octanol–water partition coefficient (Wildman–Crippen LogP) is 4.26. The van der Waals surface area contributed by atoms with Gasteiger partial charge in [0, 0.05) is 13.3 Å². The van der Waals surface area contributed by atoms with E-state index < -0.39 is 57.6 Å². The van der Waals surface area contributed by atoms with E-state index in [4.69, 9.17) is 9.84 Å². The molecule has 11 nitrogen and oxygen atoms in total. The molecule has 0 aromatic carbocycles. The zero-order valence-electron chi connectivity index (χ0n) is 22.3. The van der Waals surface area contributed by atoms with Crippen molar-refractivity contribution in [1.29, 1.82) is 0 Å². The topological polar surface area (TPSA) is 169 Å². The first-order chi connectivity index (χ1) is 17.6. The van der Waals surface area contributed by atoms with E-state index in [1.54, 1.807) is 0 Å². The molecule has 0 aliphatic heterocycles. The molecule has 12 heteroatoms. The van der Waals surface area contributed by atoms with Gasteiger partial charge in [-0.3, -0.25) is 18.6 Å². The number of rotatable bonds is 24. The lowest BCUT2D eigenvalue weighted by molar-refractivity contribution is -0.147. The molecule has 0 heterocycles. The molecule has 0 radical (unpaired) electrons. The lowest BCUT2D eigenvalue weighted by Gasteiger charge is -2.18. The Kier molecular flexibility index (Phi) is 21.2. The van der Waals surface area contributed by atoms with Crippen LogP contribution in [0.15, 0.2) is 12.2 Å². The van der Waals surface area contributed by atoms with Crippen LogP contribution in [0.2, 0.25) is 0 Å². The van der Waals surface area contributed by atoms with Crippen molar-refractivity contribution >= 4 is 25.7 Å². The predicted molar refractivity (Wildman–Crippen MR) is 139 cm³/mol. The molecule has 0 bridgehead atoms. The van der Waals surface area contributed by atoms with E-state index in [0.717, 1.165) is 45.4 Å². The van der Waals surface area contributed by atoms with Crippen molar-refractivity contribution in [1.82, 2.24) is 5.32 Å². The second-order valence-corrected chi connectivity index (χ2v) is 10.4. The van der Waals surface area contributed by atoms with Crippen molar-refractivity contribution in [3.05, 3.63) is 12.2 Å².